The third-order valence-corrected chi connectivity index (χ3v) is 9.62. The first-order valence-electron chi connectivity index (χ1n) is 13.4. The van der Waals surface area contributed by atoms with Crippen molar-refractivity contribution in [2.24, 2.45) is 0 Å². The molecule has 0 saturated carbocycles. The number of likely N-dealkylation sites (tertiary alicyclic amines) is 1. The van der Waals surface area contributed by atoms with Crippen LogP contribution in [0.25, 0.3) is 0 Å². The Labute approximate surface area is 250 Å². The molecule has 43 heavy (non-hydrogen) atoms. The van der Waals surface area contributed by atoms with Gasteiger partial charge in [0.25, 0.3) is 15.9 Å². The first-order valence-corrected chi connectivity index (χ1v) is 14.9. The Hall–Kier alpha value is -4.67. The minimum atomic E-state index is -4.63. The van der Waals surface area contributed by atoms with E-state index in [0.29, 0.717) is 18.6 Å². The molecule has 2 aliphatic heterocycles. The summed E-state index contributed by atoms with van der Waals surface area (Å²) in [5, 5.41) is 9.87. The van der Waals surface area contributed by atoms with E-state index in [0.717, 1.165) is 4.31 Å². The summed E-state index contributed by atoms with van der Waals surface area (Å²) in [5.41, 5.74) is -1.18. The predicted octanol–water partition coefficient (Wildman–Crippen LogP) is 2.51. The van der Waals surface area contributed by atoms with Gasteiger partial charge in [0.05, 0.1) is 44.7 Å². The molecule has 1 aromatic heterocycles. The Morgan fingerprint density at radius 1 is 1.07 bits per heavy atom. The summed E-state index contributed by atoms with van der Waals surface area (Å²) >= 11 is 0. The third kappa shape index (κ3) is 4.45. The SMILES string of the molecule is COc1ccc(S(=O)(=O)N2C(=O)C(c3cccnc3OC)(N3CCC[C@H]3C(=O)N(C)C)c3cc(C#N)ccc32)c(OC)c1. The van der Waals surface area contributed by atoms with Gasteiger partial charge in [-0.05, 0) is 55.3 Å². The molecule has 2 amide bonds. The Bertz CT molecular complexity index is 1750. The molecule has 0 N–H and O–H groups in total. The molecule has 3 heterocycles. The van der Waals surface area contributed by atoms with E-state index in [1.165, 1.54) is 68.8 Å². The fourth-order valence-corrected chi connectivity index (χ4v) is 7.62. The molecular weight excluding hydrogens is 574 g/mol. The summed E-state index contributed by atoms with van der Waals surface area (Å²) in [6, 6.07) is 13.1. The van der Waals surface area contributed by atoms with Crippen molar-refractivity contribution in [2.45, 2.75) is 29.3 Å². The highest BCUT2D eigenvalue weighted by Gasteiger charge is 2.63. The minimum absolute atomic E-state index is 0.0272. The molecule has 2 atom stereocenters. The average molecular weight is 606 g/mol. The first kappa shape index (κ1) is 29.8. The van der Waals surface area contributed by atoms with Crippen molar-refractivity contribution >= 4 is 27.5 Å². The van der Waals surface area contributed by atoms with Crippen LogP contribution >= 0.6 is 0 Å². The topological polar surface area (TPSA) is 142 Å². The van der Waals surface area contributed by atoms with Gasteiger partial charge in [0.1, 0.15) is 16.4 Å². The molecule has 1 saturated heterocycles. The van der Waals surface area contributed by atoms with Crippen LogP contribution in [-0.4, -0.2) is 83.0 Å². The number of nitrogens with zero attached hydrogens (tertiary/aromatic N) is 5. The van der Waals surface area contributed by atoms with Gasteiger partial charge in [0.15, 0.2) is 5.54 Å². The third-order valence-electron chi connectivity index (χ3n) is 7.88. The molecular formula is C30H31N5O7S. The first-order chi connectivity index (χ1) is 20.6. The predicted molar refractivity (Wildman–Crippen MR) is 155 cm³/mol. The van der Waals surface area contributed by atoms with Crippen LogP contribution in [0.3, 0.4) is 0 Å². The maximum Gasteiger partial charge on any atom is 0.274 e. The quantitative estimate of drug-likeness (QED) is 0.376. The Kier molecular flexibility index (Phi) is 7.76. The molecule has 0 spiro atoms. The van der Waals surface area contributed by atoms with Gasteiger partial charge in [0.2, 0.25) is 11.8 Å². The number of methoxy groups -OCH3 is 3. The van der Waals surface area contributed by atoms with Crippen LogP contribution in [-0.2, 0) is 25.2 Å². The molecule has 0 bridgehead atoms. The number of amides is 2. The lowest BCUT2D eigenvalue weighted by atomic mass is 9.81. The largest absolute Gasteiger partial charge is 0.497 e. The van der Waals surface area contributed by atoms with Crippen LogP contribution in [0.4, 0.5) is 5.69 Å². The van der Waals surface area contributed by atoms with Crippen LogP contribution in [0.15, 0.2) is 59.6 Å². The molecule has 0 radical (unpaired) electrons. The smallest absolute Gasteiger partial charge is 0.274 e. The number of aromatic nitrogens is 1. The second kappa shape index (κ2) is 11.2. The van der Waals surface area contributed by atoms with E-state index in [1.807, 2.05) is 0 Å². The van der Waals surface area contributed by atoms with Crippen molar-refractivity contribution in [3.8, 4) is 23.4 Å². The number of likely N-dealkylation sites (N-methyl/N-ethyl adjacent to an activating group) is 1. The number of pyridine rings is 1. The van der Waals surface area contributed by atoms with Crippen LogP contribution < -0.4 is 18.5 Å². The molecule has 2 aliphatic rings. The number of anilines is 1. The Balaban J connectivity index is 1.87. The number of fused-ring (bicyclic) bond motifs is 1. The zero-order valence-electron chi connectivity index (χ0n) is 24.4. The van der Waals surface area contributed by atoms with E-state index < -0.39 is 27.5 Å². The number of benzene rings is 2. The van der Waals surface area contributed by atoms with Crippen molar-refractivity contribution in [3.63, 3.8) is 0 Å². The van der Waals surface area contributed by atoms with Crippen molar-refractivity contribution in [1.29, 1.82) is 5.26 Å². The number of rotatable bonds is 8. The standard InChI is InChI=1S/C30H31N5O7S/c1-33(2)28(36)24-9-7-15-34(24)30(21-8-6-14-32-27(21)42-5)22-16-19(18-31)10-12-23(22)35(29(30)37)43(38,39)26-13-11-20(40-3)17-25(26)41-4/h6,8,10-14,16-17,24H,7,9,15H2,1-5H3/t24-,30?/m0/s1. The van der Waals surface area contributed by atoms with Crippen LogP contribution in [0, 0.1) is 11.3 Å². The second-order valence-electron chi connectivity index (χ2n) is 10.3. The zero-order chi connectivity index (χ0) is 31.1. The molecule has 12 nitrogen and oxygen atoms in total. The van der Waals surface area contributed by atoms with Crippen molar-refractivity contribution < 1.29 is 32.2 Å². The highest BCUT2D eigenvalue weighted by molar-refractivity contribution is 7.93. The minimum Gasteiger partial charge on any atom is -0.497 e. The molecule has 2 aromatic carbocycles. The van der Waals surface area contributed by atoms with Crippen LogP contribution in [0.2, 0.25) is 0 Å². The van der Waals surface area contributed by atoms with Crippen LogP contribution in [0.1, 0.15) is 29.5 Å². The fourth-order valence-electron chi connectivity index (χ4n) is 6.01. The van der Waals surface area contributed by atoms with Gasteiger partial charge in [-0.1, -0.05) is 0 Å². The maximum absolute atomic E-state index is 15.2. The normalized spacial score (nSPS) is 20.0. The Morgan fingerprint density at radius 3 is 2.49 bits per heavy atom. The molecule has 3 aromatic rings. The maximum atomic E-state index is 15.2. The number of carbonyl (C=O) groups excluding carboxylic acids is 2. The lowest BCUT2D eigenvalue weighted by molar-refractivity contribution is -0.138. The number of carbonyl (C=O) groups is 2. The van der Waals surface area contributed by atoms with E-state index >= 15 is 4.79 Å². The van der Waals surface area contributed by atoms with Crippen molar-refractivity contribution in [3.05, 3.63) is 71.4 Å². The highest BCUT2D eigenvalue weighted by atomic mass is 32.2. The summed E-state index contributed by atoms with van der Waals surface area (Å²) in [6.07, 6.45) is 2.49. The molecule has 13 heteroatoms. The molecule has 5 rings (SSSR count). The van der Waals surface area contributed by atoms with Gasteiger partial charge in [-0.2, -0.15) is 5.26 Å². The van der Waals surface area contributed by atoms with Crippen LogP contribution in [0.5, 0.6) is 17.4 Å². The second-order valence-corrected chi connectivity index (χ2v) is 12.0. The lowest BCUT2D eigenvalue weighted by Gasteiger charge is -2.41. The summed E-state index contributed by atoms with van der Waals surface area (Å²) in [6.45, 7) is 0.282. The number of hydrogen-bond donors (Lipinski definition) is 0. The lowest BCUT2D eigenvalue weighted by Crippen LogP contribution is -2.59. The average Bonchev–Trinajstić information content (AvgIpc) is 3.60. The van der Waals surface area contributed by atoms with E-state index in [4.69, 9.17) is 14.2 Å². The molecule has 224 valence electrons. The number of nitriles is 1. The van der Waals surface area contributed by atoms with E-state index in [9.17, 15) is 18.5 Å². The van der Waals surface area contributed by atoms with Gasteiger partial charge in [-0.25, -0.2) is 17.7 Å². The van der Waals surface area contributed by atoms with Gasteiger partial charge in [0, 0.05) is 44.0 Å². The summed E-state index contributed by atoms with van der Waals surface area (Å²) in [7, 11) is 2.77. The highest BCUT2D eigenvalue weighted by Crippen LogP contribution is 2.54. The summed E-state index contributed by atoms with van der Waals surface area (Å²) in [4.78, 5) is 35.9. The number of hydrogen-bond acceptors (Lipinski definition) is 10. The summed E-state index contributed by atoms with van der Waals surface area (Å²) in [5.74, 6) is -0.697. The molecule has 1 unspecified atom stereocenters. The molecule has 0 aliphatic carbocycles. The zero-order valence-corrected chi connectivity index (χ0v) is 25.2. The summed E-state index contributed by atoms with van der Waals surface area (Å²) < 4.78 is 46.1. The Morgan fingerprint density at radius 2 is 1.84 bits per heavy atom. The van der Waals surface area contributed by atoms with Crippen molar-refractivity contribution in [2.75, 3.05) is 46.3 Å². The van der Waals surface area contributed by atoms with Gasteiger partial charge < -0.3 is 19.1 Å². The van der Waals surface area contributed by atoms with E-state index in [2.05, 4.69) is 11.1 Å². The van der Waals surface area contributed by atoms with Gasteiger partial charge in [-0.15, -0.1) is 0 Å². The van der Waals surface area contributed by atoms with Gasteiger partial charge >= 0.3 is 0 Å². The monoisotopic (exact) mass is 605 g/mol. The van der Waals surface area contributed by atoms with E-state index in [-0.39, 0.29) is 51.4 Å². The number of ether oxygens (including phenoxy) is 3. The fraction of sp³-hybridized carbons (Fsp3) is 0.333. The molecule has 1 fully saturated rings. The van der Waals surface area contributed by atoms with Crippen molar-refractivity contribution in [1.82, 2.24) is 14.8 Å². The number of sulfonamides is 1. The van der Waals surface area contributed by atoms with E-state index in [1.54, 1.807) is 31.1 Å². The van der Waals surface area contributed by atoms with Gasteiger partial charge in [-0.3, -0.25) is 14.5 Å².